The minimum Gasteiger partial charge on any atom is -0.481 e. The van der Waals surface area contributed by atoms with E-state index in [1.54, 1.807) is 15.8 Å². The predicted molar refractivity (Wildman–Crippen MR) is 77.9 cm³/mol. The number of hydrogen-bond donors (Lipinski definition) is 1. The molecule has 1 amide bonds. The third-order valence-corrected chi connectivity index (χ3v) is 3.46. The second kappa shape index (κ2) is 8.39. The van der Waals surface area contributed by atoms with Crippen LogP contribution in [0, 0.1) is 0 Å². The van der Waals surface area contributed by atoms with Crippen LogP contribution in [0.5, 0.6) is 0 Å². The lowest BCUT2D eigenvalue weighted by molar-refractivity contribution is -0.137. The molecule has 1 N–H and O–H groups in total. The number of aromatic nitrogens is 3. The summed E-state index contributed by atoms with van der Waals surface area (Å²) in [6.45, 7) is 7.06. The van der Waals surface area contributed by atoms with Gasteiger partial charge in [-0.05, 0) is 40.0 Å². The van der Waals surface area contributed by atoms with Crippen molar-refractivity contribution in [2.45, 2.75) is 52.5 Å². The van der Waals surface area contributed by atoms with Crippen LogP contribution in [0.15, 0.2) is 6.20 Å². The molecule has 7 nitrogen and oxygen atoms in total. The highest BCUT2D eigenvalue weighted by atomic mass is 16.4. The van der Waals surface area contributed by atoms with E-state index in [-0.39, 0.29) is 18.4 Å². The average Bonchev–Trinajstić information content (AvgIpc) is 2.92. The maximum Gasteiger partial charge on any atom is 0.303 e. The average molecular weight is 296 g/mol. The van der Waals surface area contributed by atoms with E-state index in [9.17, 15) is 9.59 Å². The van der Waals surface area contributed by atoms with Crippen molar-refractivity contribution in [3.05, 3.63) is 11.9 Å². The van der Waals surface area contributed by atoms with E-state index in [4.69, 9.17) is 5.11 Å². The lowest BCUT2D eigenvalue weighted by Gasteiger charge is -2.22. The SMILES string of the molecule is CCN(CC)C(=O)C(C)n1cc(CCCCC(=O)O)nn1. The third-order valence-electron chi connectivity index (χ3n) is 3.46. The Labute approximate surface area is 124 Å². The van der Waals surface area contributed by atoms with Crippen LogP contribution in [0.25, 0.3) is 0 Å². The van der Waals surface area contributed by atoms with Crippen LogP contribution < -0.4 is 0 Å². The lowest BCUT2D eigenvalue weighted by atomic mass is 10.1. The molecule has 0 aliphatic rings. The number of aliphatic carboxylic acids is 1. The van der Waals surface area contributed by atoms with Gasteiger partial charge in [0.1, 0.15) is 6.04 Å². The molecule has 0 aliphatic carbocycles. The fourth-order valence-electron chi connectivity index (χ4n) is 2.11. The quantitative estimate of drug-likeness (QED) is 0.698. The second-order valence-electron chi connectivity index (χ2n) is 4.98. The highest BCUT2D eigenvalue weighted by molar-refractivity contribution is 5.79. The molecule has 1 aromatic heterocycles. The van der Waals surface area contributed by atoms with Crippen molar-refractivity contribution in [2.24, 2.45) is 0 Å². The number of carboxylic acids is 1. The van der Waals surface area contributed by atoms with Gasteiger partial charge in [-0.3, -0.25) is 9.59 Å². The van der Waals surface area contributed by atoms with Crippen molar-refractivity contribution < 1.29 is 14.7 Å². The summed E-state index contributed by atoms with van der Waals surface area (Å²) in [5.41, 5.74) is 0.791. The van der Waals surface area contributed by atoms with E-state index >= 15 is 0 Å². The molecule has 1 heterocycles. The first kappa shape index (κ1) is 17.1. The minimum absolute atomic E-state index is 0.0299. The Balaban J connectivity index is 2.53. The van der Waals surface area contributed by atoms with E-state index in [0.29, 0.717) is 25.9 Å². The first-order chi connectivity index (χ1) is 9.99. The second-order valence-corrected chi connectivity index (χ2v) is 4.98. The molecule has 0 aliphatic heterocycles. The summed E-state index contributed by atoms with van der Waals surface area (Å²) >= 11 is 0. The number of unbranched alkanes of at least 4 members (excludes halogenated alkanes) is 1. The van der Waals surface area contributed by atoms with Crippen LogP contribution in [-0.2, 0) is 16.0 Å². The van der Waals surface area contributed by atoms with Gasteiger partial charge in [-0.1, -0.05) is 5.21 Å². The number of hydrogen-bond acceptors (Lipinski definition) is 4. The molecule has 0 saturated heterocycles. The van der Waals surface area contributed by atoms with Gasteiger partial charge >= 0.3 is 5.97 Å². The van der Waals surface area contributed by atoms with Crippen LogP contribution >= 0.6 is 0 Å². The maximum absolute atomic E-state index is 12.2. The number of likely N-dealkylation sites (N-methyl/N-ethyl adjacent to an activating group) is 1. The van der Waals surface area contributed by atoms with E-state index in [0.717, 1.165) is 12.1 Å². The molecular formula is C14H24N4O3. The first-order valence-corrected chi connectivity index (χ1v) is 7.40. The molecule has 0 bridgehead atoms. The lowest BCUT2D eigenvalue weighted by Crippen LogP contribution is -2.36. The maximum atomic E-state index is 12.2. The van der Waals surface area contributed by atoms with Crippen molar-refractivity contribution in [3.8, 4) is 0 Å². The van der Waals surface area contributed by atoms with Gasteiger partial charge in [-0.2, -0.15) is 0 Å². The number of carbonyl (C=O) groups is 2. The summed E-state index contributed by atoms with van der Waals surface area (Å²) in [6.07, 6.45) is 4.00. The Morgan fingerprint density at radius 3 is 2.57 bits per heavy atom. The van der Waals surface area contributed by atoms with Crippen molar-refractivity contribution in [1.82, 2.24) is 19.9 Å². The molecule has 0 radical (unpaired) electrons. The van der Waals surface area contributed by atoms with E-state index in [1.807, 2.05) is 20.8 Å². The topological polar surface area (TPSA) is 88.3 Å². The molecule has 118 valence electrons. The zero-order chi connectivity index (χ0) is 15.8. The van der Waals surface area contributed by atoms with Gasteiger partial charge in [0.05, 0.1) is 5.69 Å². The Morgan fingerprint density at radius 2 is 2.00 bits per heavy atom. The molecule has 1 atom stereocenters. The van der Waals surface area contributed by atoms with Crippen LogP contribution in [0.4, 0.5) is 0 Å². The van der Waals surface area contributed by atoms with Crippen molar-refractivity contribution in [3.63, 3.8) is 0 Å². The Bertz CT molecular complexity index is 469. The Kier molecular flexibility index (Phi) is 6.84. The summed E-state index contributed by atoms with van der Waals surface area (Å²) in [7, 11) is 0. The molecular weight excluding hydrogens is 272 g/mol. The monoisotopic (exact) mass is 296 g/mol. The smallest absolute Gasteiger partial charge is 0.303 e. The number of aryl methyl sites for hydroxylation is 1. The highest BCUT2D eigenvalue weighted by Crippen LogP contribution is 2.11. The third kappa shape index (κ3) is 5.17. The normalized spacial score (nSPS) is 12.1. The molecule has 1 rings (SSSR count). The van der Waals surface area contributed by atoms with Crippen molar-refractivity contribution in [1.29, 1.82) is 0 Å². The number of carboxylic acid groups (broad SMARTS) is 1. The molecule has 1 unspecified atom stereocenters. The van der Waals surface area contributed by atoms with Crippen LogP contribution in [-0.4, -0.2) is 50.0 Å². The molecule has 21 heavy (non-hydrogen) atoms. The van der Waals surface area contributed by atoms with Gasteiger partial charge in [0.25, 0.3) is 0 Å². The molecule has 0 saturated carbocycles. The molecule has 1 aromatic rings. The zero-order valence-corrected chi connectivity index (χ0v) is 12.9. The molecule has 0 spiro atoms. The molecule has 7 heteroatoms. The number of nitrogens with zero attached hydrogens (tertiary/aromatic N) is 4. The van der Waals surface area contributed by atoms with Crippen molar-refractivity contribution >= 4 is 11.9 Å². The largest absolute Gasteiger partial charge is 0.481 e. The minimum atomic E-state index is -0.780. The van der Waals surface area contributed by atoms with Gasteiger partial charge in [0, 0.05) is 25.7 Å². The Morgan fingerprint density at radius 1 is 1.33 bits per heavy atom. The fourth-order valence-corrected chi connectivity index (χ4v) is 2.11. The fraction of sp³-hybridized carbons (Fsp3) is 0.714. The summed E-state index contributed by atoms with van der Waals surface area (Å²) < 4.78 is 1.58. The summed E-state index contributed by atoms with van der Waals surface area (Å²) in [5, 5.41) is 16.6. The van der Waals surface area contributed by atoms with Gasteiger partial charge < -0.3 is 10.0 Å². The Hall–Kier alpha value is -1.92. The molecule has 0 fully saturated rings. The summed E-state index contributed by atoms with van der Waals surface area (Å²) in [5.74, 6) is -0.751. The van der Waals surface area contributed by atoms with Crippen molar-refractivity contribution in [2.75, 3.05) is 13.1 Å². The van der Waals surface area contributed by atoms with E-state index < -0.39 is 5.97 Å². The first-order valence-electron chi connectivity index (χ1n) is 7.40. The predicted octanol–water partition coefficient (Wildman–Crippen LogP) is 1.50. The van der Waals surface area contributed by atoms with Crippen LogP contribution in [0.3, 0.4) is 0 Å². The highest BCUT2D eigenvalue weighted by Gasteiger charge is 2.20. The molecule has 0 aromatic carbocycles. The summed E-state index contributed by atoms with van der Waals surface area (Å²) in [4.78, 5) is 24.4. The zero-order valence-electron chi connectivity index (χ0n) is 12.9. The van der Waals surface area contributed by atoms with E-state index in [1.165, 1.54) is 0 Å². The summed E-state index contributed by atoms with van der Waals surface area (Å²) in [6, 6.07) is -0.370. The van der Waals surface area contributed by atoms with Crippen LogP contribution in [0.2, 0.25) is 0 Å². The standard InChI is InChI=1S/C14H24N4O3/c1-4-17(5-2)14(21)11(3)18-10-12(15-16-18)8-6-7-9-13(19)20/h10-11H,4-9H2,1-3H3,(H,19,20). The van der Waals surface area contributed by atoms with E-state index in [2.05, 4.69) is 10.3 Å². The van der Waals surface area contributed by atoms with Gasteiger partial charge in [0.15, 0.2) is 0 Å². The number of carbonyl (C=O) groups excluding carboxylic acids is 1. The van der Waals surface area contributed by atoms with Gasteiger partial charge in [0.2, 0.25) is 5.91 Å². The number of rotatable bonds is 9. The number of amides is 1. The van der Waals surface area contributed by atoms with Crippen LogP contribution in [0.1, 0.15) is 51.8 Å². The van der Waals surface area contributed by atoms with Gasteiger partial charge in [-0.25, -0.2) is 4.68 Å². The van der Waals surface area contributed by atoms with Gasteiger partial charge in [-0.15, -0.1) is 5.10 Å².